The Labute approximate surface area is 151 Å². The van der Waals surface area contributed by atoms with Crippen LogP contribution in [0.15, 0.2) is 54.9 Å². The molecule has 0 bridgehead atoms. The molecule has 0 aliphatic heterocycles. The molecule has 0 spiro atoms. The number of nitrogens with zero attached hydrogens (tertiary/aromatic N) is 2. The highest BCUT2D eigenvalue weighted by Crippen LogP contribution is 2.15. The fourth-order valence-electron chi connectivity index (χ4n) is 2.57. The highest BCUT2D eigenvalue weighted by Gasteiger charge is 2.08. The number of aryl methyl sites for hydroxylation is 2. The number of hydrogen-bond acceptors (Lipinski definition) is 4. The number of aromatic nitrogens is 2. The van der Waals surface area contributed by atoms with Crippen molar-refractivity contribution in [3.63, 3.8) is 0 Å². The van der Waals surface area contributed by atoms with Gasteiger partial charge in [0.05, 0.1) is 5.56 Å². The number of rotatable bonds is 5. The van der Waals surface area contributed by atoms with E-state index in [2.05, 4.69) is 20.6 Å². The third-order valence-electron chi connectivity index (χ3n) is 3.76. The van der Waals surface area contributed by atoms with Gasteiger partial charge in [0.15, 0.2) is 0 Å². The standard InChI is InChI=1S/C20H19FN4O/c1-13-7-14(2)9-18(8-13)25-19(26)16-11-23-20(24-12-16)22-10-15-3-5-17(21)6-4-15/h3-9,11-12H,10H2,1-2H3,(H,25,26)(H,22,23,24). The molecule has 1 amide bonds. The third kappa shape index (κ3) is 4.63. The van der Waals surface area contributed by atoms with Crippen LogP contribution in [0.1, 0.15) is 27.0 Å². The lowest BCUT2D eigenvalue weighted by Crippen LogP contribution is -2.13. The summed E-state index contributed by atoms with van der Waals surface area (Å²) in [7, 11) is 0. The average Bonchev–Trinajstić information content (AvgIpc) is 2.61. The van der Waals surface area contributed by atoms with Crippen LogP contribution in [-0.4, -0.2) is 15.9 Å². The number of carbonyl (C=O) groups is 1. The summed E-state index contributed by atoms with van der Waals surface area (Å²) in [6.07, 6.45) is 2.94. The number of anilines is 2. The second kappa shape index (κ2) is 7.74. The van der Waals surface area contributed by atoms with E-state index < -0.39 is 0 Å². The molecular weight excluding hydrogens is 331 g/mol. The molecule has 6 heteroatoms. The van der Waals surface area contributed by atoms with Crippen LogP contribution in [-0.2, 0) is 6.54 Å². The molecule has 2 aromatic carbocycles. The van der Waals surface area contributed by atoms with Crippen LogP contribution in [0.3, 0.4) is 0 Å². The van der Waals surface area contributed by atoms with E-state index >= 15 is 0 Å². The molecule has 2 N–H and O–H groups in total. The zero-order chi connectivity index (χ0) is 18.5. The predicted molar refractivity (Wildman–Crippen MR) is 99.6 cm³/mol. The molecule has 1 aromatic heterocycles. The van der Waals surface area contributed by atoms with E-state index in [1.165, 1.54) is 24.5 Å². The van der Waals surface area contributed by atoms with Crippen molar-refractivity contribution in [3.8, 4) is 0 Å². The lowest BCUT2D eigenvalue weighted by molar-refractivity contribution is 0.102. The normalized spacial score (nSPS) is 10.4. The van der Waals surface area contributed by atoms with Gasteiger partial charge in [0.2, 0.25) is 5.95 Å². The van der Waals surface area contributed by atoms with Crippen LogP contribution in [0.2, 0.25) is 0 Å². The molecule has 0 saturated carbocycles. The maximum Gasteiger partial charge on any atom is 0.258 e. The van der Waals surface area contributed by atoms with Crippen molar-refractivity contribution in [1.82, 2.24) is 9.97 Å². The van der Waals surface area contributed by atoms with E-state index in [-0.39, 0.29) is 11.7 Å². The zero-order valence-electron chi connectivity index (χ0n) is 14.6. The molecular formula is C20H19FN4O. The maximum absolute atomic E-state index is 12.9. The molecule has 0 radical (unpaired) electrons. The van der Waals surface area contributed by atoms with Crippen molar-refractivity contribution >= 4 is 17.5 Å². The van der Waals surface area contributed by atoms with Gasteiger partial charge in [-0.3, -0.25) is 4.79 Å². The molecule has 0 saturated heterocycles. The summed E-state index contributed by atoms with van der Waals surface area (Å²) in [4.78, 5) is 20.6. The zero-order valence-corrected chi connectivity index (χ0v) is 14.6. The van der Waals surface area contributed by atoms with Crippen molar-refractivity contribution in [2.24, 2.45) is 0 Å². The Kier molecular flexibility index (Phi) is 5.22. The molecule has 3 rings (SSSR count). The smallest absolute Gasteiger partial charge is 0.258 e. The Bertz CT molecular complexity index is 888. The summed E-state index contributed by atoms with van der Waals surface area (Å²) in [5.41, 5.74) is 4.18. The topological polar surface area (TPSA) is 66.9 Å². The minimum Gasteiger partial charge on any atom is -0.350 e. The number of hydrogen-bond donors (Lipinski definition) is 2. The first kappa shape index (κ1) is 17.5. The van der Waals surface area contributed by atoms with Crippen molar-refractivity contribution in [2.45, 2.75) is 20.4 Å². The van der Waals surface area contributed by atoms with Crippen LogP contribution in [0, 0.1) is 19.7 Å². The van der Waals surface area contributed by atoms with Gasteiger partial charge in [-0.2, -0.15) is 0 Å². The van der Waals surface area contributed by atoms with E-state index in [0.29, 0.717) is 18.1 Å². The monoisotopic (exact) mass is 350 g/mol. The van der Waals surface area contributed by atoms with Gasteiger partial charge in [-0.1, -0.05) is 18.2 Å². The summed E-state index contributed by atoms with van der Waals surface area (Å²) in [6.45, 7) is 4.43. The first-order chi connectivity index (χ1) is 12.5. The van der Waals surface area contributed by atoms with Gasteiger partial charge in [0.25, 0.3) is 5.91 Å². The second-order valence-electron chi connectivity index (χ2n) is 6.11. The van der Waals surface area contributed by atoms with E-state index in [0.717, 1.165) is 22.4 Å². The lowest BCUT2D eigenvalue weighted by atomic mass is 10.1. The summed E-state index contributed by atoms with van der Waals surface area (Å²) in [5, 5.41) is 5.88. The van der Waals surface area contributed by atoms with Gasteiger partial charge >= 0.3 is 0 Å². The lowest BCUT2D eigenvalue weighted by Gasteiger charge is -2.08. The van der Waals surface area contributed by atoms with Crippen molar-refractivity contribution in [2.75, 3.05) is 10.6 Å². The number of nitrogens with one attached hydrogen (secondary N) is 2. The molecule has 0 atom stereocenters. The summed E-state index contributed by atoms with van der Waals surface area (Å²) < 4.78 is 12.9. The van der Waals surface area contributed by atoms with E-state index in [4.69, 9.17) is 0 Å². The minimum absolute atomic E-state index is 0.264. The summed E-state index contributed by atoms with van der Waals surface area (Å²) in [6, 6.07) is 12.0. The highest BCUT2D eigenvalue weighted by atomic mass is 19.1. The summed E-state index contributed by atoms with van der Waals surface area (Å²) in [5.74, 6) is -0.137. The Morgan fingerprint density at radius 2 is 1.62 bits per heavy atom. The third-order valence-corrected chi connectivity index (χ3v) is 3.76. The molecule has 132 valence electrons. The van der Waals surface area contributed by atoms with Gasteiger partial charge in [-0.15, -0.1) is 0 Å². The van der Waals surface area contributed by atoms with Crippen molar-refractivity contribution < 1.29 is 9.18 Å². The Hall–Kier alpha value is -3.28. The average molecular weight is 350 g/mol. The molecule has 26 heavy (non-hydrogen) atoms. The molecule has 0 aliphatic carbocycles. The molecule has 5 nitrogen and oxygen atoms in total. The van der Waals surface area contributed by atoms with Crippen molar-refractivity contribution in [1.29, 1.82) is 0 Å². The number of halogens is 1. The fraction of sp³-hybridized carbons (Fsp3) is 0.150. The van der Waals surface area contributed by atoms with Crippen LogP contribution in [0.25, 0.3) is 0 Å². The molecule has 0 fully saturated rings. The predicted octanol–water partition coefficient (Wildman–Crippen LogP) is 4.10. The Morgan fingerprint density at radius 1 is 1.00 bits per heavy atom. The van der Waals surface area contributed by atoms with E-state index in [1.54, 1.807) is 12.1 Å². The fourth-order valence-corrected chi connectivity index (χ4v) is 2.57. The SMILES string of the molecule is Cc1cc(C)cc(NC(=O)c2cnc(NCc3ccc(F)cc3)nc2)c1. The van der Waals surface area contributed by atoms with Gasteiger partial charge < -0.3 is 10.6 Å². The van der Waals surface area contributed by atoms with Gasteiger partial charge in [0, 0.05) is 24.6 Å². The van der Waals surface area contributed by atoms with Gasteiger partial charge in [-0.05, 0) is 54.8 Å². The number of amides is 1. The molecule has 1 heterocycles. The minimum atomic E-state index is -0.274. The first-order valence-electron chi connectivity index (χ1n) is 8.19. The number of carbonyl (C=O) groups excluding carboxylic acids is 1. The molecule has 3 aromatic rings. The number of benzene rings is 2. The summed E-state index contributed by atoms with van der Waals surface area (Å²) >= 11 is 0. The Morgan fingerprint density at radius 3 is 2.23 bits per heavy atom. The molecule has 0 aliphatic rings. The van der Waals surface area contributed by atoms with Crippen LogP contribution >= 0.6 is 0 Å². The Balaban J connectivity index is 1.61. The van der Waals surface area contributed by atoms with Crippen LogP contribution < -0.4 is 10.6 Å². The molecule has 0 unspecified atom stereocenters. The largest absolute Gasteiger partial charge is 0.350 e. The van der Waals surface area contributed by atoms with Crippen molar-refractivity contribution in [3.05, 3.63) is 82.9 Å². The first-order valence-corrected chi connectivity index (χ1v) is 8.19. The quantitative estimate of drug-likeness (QED) is 0.727. The highest BCUT2D eigenvalue weighted by molar-refractivity contribution is 6.04. The second-order valence-corrected chi connectivity index (χ2v) is 6.11. The van der Waals surface area contributed by atoms with Crippen LogP contribution in [0.5, 0.6) is 0 Å². The van der Waals surface area contributed by atoms with Gasteiger partial charge in [-0.25, -0.2) is 14.4 Å². The van der Waals surface area contributed by atoms with E-state index in [1.807, 2.05) is 32.0 Å². The van der Waals surface area contributed by atoms with Crippen LogP contribution in [0.4, 0.5) is 16.0 Å². The van der Waals surface area contributed by atoms with E-state index in [9.17, 15) is 9.18 Å². The van der Waals surface area contributed by atoms with Gasteiger partial charge in [0.1, 0.15) is 5.82 Å². The maximum atomic E-state index is 12.9.